The molecule has 4 heterocycles. The Morgan fingerprint density at radius 1 is 1.22 bits per heavy atom. The Hall–Kier alpha value is -1.97. The maximum Gasteiger partial charge on any atom is 0.185 e. The summed E-state index contributed by atoms with van der Waals surface area (Å²) in [5, 5.41) is 16.9. The van der Waals surface area contributed by atoms with Gasteiger partial charge in [-0.25, -0.2) is 4.98 Å². The summed E-state index contributed by atoms with van der Waals surface area (Å²) in [4.78, 5) is 13.6. The lowest BCUT2D eigenvalue weighted by atomic mass is 9.87. The van der Waals surface area contributed by atoms with Crippen LogP contribution in [0.3, 0.4) is 0 Å². The van der Waals surface area contributed by atoms with Gasteiger partial charge >= 0.3 is 0 Å². The minimum Gasteiger partial charge on any atom is -0.381 e. The summed E-state index contributed by atoms with van der Waals surface area (Å²) in [5.41, 5.74) is 2.45. The largest absolute Gasteiger partial charge is 0.381 e. The monoisotopic (exact) mass is 455 g/mol. The number of aliphatic hydroxyl groups is 1. The minimum absolute atomic E-state index is 0.169. The van der Waals surface area contributed by atoms with Crippen LogP contribution in [0.15, 0.2) is 36.7 Å². The van der Waals surface area contributed by atoms with E-state index in [2.05, 4.69) is 62.6 Å². The predicted octanol–water partition coefficient (Wildman–Crippen LogP) is 2.99. The van der Waals surface area contributed by atoms with Crippen LogP contribution in [-0.2, 0) is 11.2 Å². The number of nitrogens with zero attached hydrogens (tertiary/aromatic N) is 3. The van der Waals surface area contributed by atoms with Gasteiger partial charge in [-0.2, -0.15) is 0 Å². The molecule has 2 fully saturated rings. The molecule has 8 heteroatoms. The topological polar surface area (TPSA) is 76.7 Å². The van der Waals surface area contributed by atoms with Crippen molar-refractivity contribution < 1.29 is 9.84 Å². The van der Waals surface area contributed by atoms with Gasteiger partial charge in [-0.05, 0) is 43.9 Å². The molecule has 0 saturated carbocycles. The molecule has 0 amide bonds. The fourth-order valence-electron chi connectivity index (χ4n) is 4.85. The number of H-pyrrole nitrogens is 1. The summed E-state index contributed by atoms with van der Waals surface area (Å²) in [6.45, 7) is 5.65. The number of aliphatic hydroxyl groups excluding tert-OH is 1. The van der Waals surface area contributed by atoms with E-state index in [1.54, 1.807) is 11.3 Å². The molecule has 2 aliphatic rings. The zero-order valence-electron chi connectivity index (χ0n) is 18.7. The van der Waals surface area contributed by atoms with Crippen molar-refractivity contribution in [3.05, 3.63) is 47.1 Å². The van der Waals surface area contributed by atoms with Gasteiger partial charge in [-0.1, -0.05) is 29.5 Å². The first kappa shape index (κ1) is 21.9. The number of hydrogen-bond donors (Lipinski definition) is 3. The third-order valence-electron chi connectivity index (χ3n) is 6.88. The fourth-order valence-corrected chi connectivity index (χ4v) is 5.76. The van der Waals surface area contributed by atoms with Crippen LogP contribution in [0.5, 0.6) is 0 Å². The van der Waals surface area contributed by atoms with Gasteiger partial charge in [0.2, 0.25) is 0 Å². The third kappa shape index (κ3) is 4.84. The summed E-state index contributed by atoms with van der Waals surface area (Å²) in [7, 11) is 2.16. The van der Waals surface area contributed by atoms with E-state index in [9.17, 15) is 5.11 Å². The number of benzene rings is 1. The molecule has 0 spiro atoms. The number of fused-ring (bicyclic) bond motifs is 1. The number of likely N-dealkylation sites (N-methyl/N-ethyl adjacent to an activating group) is 1. The lowest BCUT2D eigenvalue weighted by molar-refractivity contribution is 0.0381. The van der Waals surface area contributed by atoms with Gasteiger partial charge in [-0.3, -0.25) is 5.32 Å². The first-order chi connectivity index (χ1) is 15.7. The SMILES string of the molecule is CN1CCN(c2ncc(C(O)NC(Cc3c[nH]c4ccccc34)C3CCOCC3)s2)CC1. The Kier molecular flexibility index (Phi) is 6.75. The zero-order chi connectivity index (χ0) is 21.9. The highest BCUT2D eigenvalue weighted by Crippen LogP contribution is 2.30. The van der Waals surface area contributed by atoms with Crippen molar-refractivity contribution in [2.45, 2.75) is 31.5 Å². The Morgan fingerprint density at radius 2 is 2.00 bits per heavy atom. The number of hydrogen-bond acceptors (Lipinski definition) is 7. The van der Waals surface area contributed by atoms with Gasteiger partial charge in [0.15, 0.2) is 5.13 Å². The molecular weight excluding hydrogens is 422 g/mol. The summed E-state index contributed by atoms with van der Waals surface area (Å²) < 4.78 is 5.61. The van der Waals surface area contributed by atoms with E-state index in [1.165, 1.54) is 10.9 Å². The maximum absolute atomic E-state index is 11.1. The Morgan fingerprint density at radius 3 is 2.81 bits per heavy atom. The van der Waals surface area contributed by atoms with E-state index in [0.717, 1.165) is 74.2 Å². The van der Waals surface area contributed by atoms with Crippen molar-refractivity contribution in [2.24, 2.45) is 5.92 Å². The molecule has 3 N–H and O–H groups in total. The first-order valence-corrected chi connectivity index (χ1v) is 12.4. The number of anilines is 1. The standard InChI is InChI=1S/C24H33N5O2S/c1-28-8-10-29(11-9-28)24-26-16-22(32-24)23(30)27-21(17-6-12-31-13-7-17)14-18-15-25-20-5-3-2-4-19(18)20/h2-5,15-17,21,23,25,27,30H,6-14H2,1H3. The average Bonchev–Trinajstić information content (AvgIpc) is 3.48. The zero-order valence-corrected chi connectivity index (χ0v) is 19.5. The predicted molar refractivity (Wildman–Crippen MR) is 129 cm³/mol. The van der Waals surface area contributed by atoms with Crippen molar-refractivity contribution >= 4 is 27.4 Å². The van der Waals surface area contributed by atoms with E-state index >= 15 is 0 Å². The van der Waals surface area contributed by atoms with Gasteiger partial charge in [0.05, 0.1) is 4.88 Å². The molecule has 32 heavy (non-hydrogen) atoms. The van der Waals surface area contributed by atoms with E-state index in [-0.39, 0.29) is 6.04 Å². The molecule has 0 bridgehead atoms. The summed E-state index contributed by atoms with van der Waals surface area (Å²) >= 11 is 1.60. The van der Waals surface area contributed by atoms with Gasteiger partial charge in [0.1, 0.15) is 6.23 Å². The van der Waals surface area contributed by atoms with Crippen LogP contribution in [0, 0.1) is 5.92 Å². The number of para-hydroxylation sites is 1. The number of ether oxygens (including phenoxy) is 1. The van der Waals surface area contributed by atoms with Crippen molar-refractivity contribution in [1.29, 1.82) is 0 Å². The maximum atomic E-state index is 11.1. The summed E-state index contributed by atoms with van der Waals surface area (Å²) in [6, 6.07) is 8.60. The average molecular weight is 456 g/mol. The summed E-state index contributed by atoms with van der Waals surface area (Å²) in [6.07, 6.45) is 6.14. The second kappa shape index (κ2) is 9.89. The first-order valence-electron chi connectivity index (χ1n) is 11.6. The number of aromatic amines is 1. The van der Waals surface area contributed by atoms with Gasteiger partial charge in [-0.15, -0.1) is 0 Å². The van der Waals surface area contributed by atoms with Gasteiger partial charge in [0.25, 0.3) is 0 Å². The number of piperazine rings is 1. The van der Waals surface area contributed by atoms with Crippen LogP contribution in [0.2, 0.25) is 0 Å². The molecule has 1 aromatic carbocycles. The number of nitrogens with one attached hydrogen (secondary N) is 2. The van der Waals surface area contributed by atoms with Crippen LogP contribution in [0.25, 0.3) is 10.9 Å². The highest BCUT2D eigenvalue weighted by atomic mass is 32.1. The van der Waals surface area contributed by atoms with E-state index in [0.29, 0.717) is 5.92 Å². The molecule has 5 rings (SSSR count). The molecule has 172 valence electrons. The smallest absolute Gasteiger partial charge is 0.185 e. The molecule has 2 aliphatic heterocycles. The fraction of sp³-hybridized carbons (Fsp3) is 0.542. The normalized spacial score (nSPS) is 20.6. The summed E-state index contributed by atoms with van der Waals surface area (Å²) in [5.74, 6) is 0.470. The van der Waals surface area contributed by atoms with Crippen LogP contribution in [0.4, 0.5) is 5.13 Å². The van der Waals surface area contributed by atoms with Gasteiger partial charge in [0, 0.05) is 68.7 Å². The Labute approximate surface area is 193 Å². The Balaban J connectivity index is 1.31. The number of thiazole rings is 1. The highest BCUT2D eigenvalue weighted by molar-refractivity contribution is 7.15. The van der Waals surface area contributed by atoms with Crippen molar-refractivity contribution in [3.63, 3.8) is 0 Å². The molecule has 0 aliphatic carbocycles. The number of rotatable bonds is 7. The molecule has 3 aromatic rings. The van der Waals surface area contributed by atoms with E-state index < -0.39 is 6.23 Å². The molecule has 2 aromatic heterocycles. The number of aromatic nitrogens is 2. The Bertz CT molecular complexity index is 1010. The second-order valence-electron chi connectivity index (χ2n) is 9.02. The lowest BCUT2D eigenvalue weighted by Gasteiger charge is -2.33. The van der Waals surface area contributed by atoms with Crippen LogP contribution in [-0.4, -0.2) is 72.5 Å². The van der Waals surface area contributed by atoms with Crippen molar-refractivity contribution in [1.82, 2.24) is 20.2 Å². The minimum atomic E-state index is -0.716. The van der Waals surface area contributed by atoms with Crippen LogP contribution in [0.1, 0.15) is 29.5 Å². The molecule has 2 unspecified atom stereocenters. The quantitative estimate of drug-likeness (QED) is 0.476. The van der Waals surface area contributed by atoms with Crippen LogP contribution >= 0.6 is 11.3 Å². The lowest BCUT2D eigenvalue weighted by Crippen LogP contribution is -2.44. The highest BCUT2D eigenvalue weighted by Gasteiger charge is 2.28. The third-order valence-corrected chi connectivity index (χ3v) is 7.99. The van der Waals surface area contributed by atoms with Crippen LogP contribution < -0.4 is 10.2 Å². The van der Waals surface area contributed by atoms with Crippen molar-refractivity contribution in [3.8, 4) is 0 Å². The molecule has 2 atom stereocenters. The van der Waals surface area contributed by atoms with Crippen molar-refractivity contribution in [2.75, 3.05) is 51.3 Å². The molecule has 7 nitrogen and oxygen atoms in total. The molecule has 2 saturated heterocycles. The molecule has 0 radical (unpaired) electrons. The van der Waals surface area contributed by atoms with E-state index in [4.69, 9.17) is 4.74 Å². The molecular formula is C24H33N5O2S. The van der Waals surface area contributed by atoms with Gasteiger partial charge < -0.3 is 24.6 Å². The second-order valence-corrected chi connectivity index (χ2v) is 10.1. The van der Waals surface area contributed by atoms with E-state index in [1.807, 2.05) is 6.20 Å².